The fraction of sp³-hybridized carbons (Fsp3) is 0.400. The second-order valence-electron chi connectivity index (χ2n) is 9.19. The number of carbonyl (C=O) groups excluding carboxylic acids is 2. The lowest BCUT2D eigenvalue weighted by Gasteiger charge is -2.33. The van der Waals surface area contributed by atoms with Crippen molar-refractivity contribution in [1.29, 1.82) is 0 Å². The molecule has 2 saturated heterocycles. The van der Waals surface area contributed by atoms with Gasteiger partial charge in [-0.3, -0.25) is 14.5 Å². The molecule has 0 atom stereocenters. The van der Waals surface area contributed by atoms with E-state index in [1.54, 1.807) is 18.0 Å². The van der Waals surface area contributed by atoms with E-state index in [0.717, 1.165) is 27.5 Å². The van der Waals surface area contributed by atoms with E-state index in [0.29, 0.717) is 64.1 Å². The van der Waals surface area contributed by atoms with E-state index in [1.165, 1.54) is 4.68 Å². The Bertz CT molecular complexity index is 1430. The van der Waals surface area contributed by atoms with Crippen LogP contribution in [0.5, 0.6) is 0 Å². The number of piperazine rings is 1. The van der Waals surface area contributed by atoms with Gasteiger partial charge in [-0.15, -0.1) is 0 Å². The first-order valence-electron chi connectivity index (χ1n) is 12.2. The summed E-state index contributed by atoms with van der Waals surface area (Å²) in [5, 5.41) is 6.25. The lowest BCUT2D eigenvalue weighted by molar-refractivity contribution is -0.130. The van der Waals surface area contributed by atoms with Crippen molar-refractivity contribution < 1.29 is 14.3 Å². The Labute approximate surface area is 207 Å². The number of aromatic amines is 1. The summed E-state index contributed by atoms with van der Waals surface area (Å²) in [5.74, 6) is 0.480. The molecule has 5 heterocycles. The Kier molecular flexibility index (Phi) is 5.86. The molecule has 2 fully saturated rings. The number of hydrogen-bond acceptors (Lipinski definition) is 8. The molecule has 0 aliphatic carbocycles. The Hall–Kier alpha value is -3.83. The maximum absolute atomic E-state index is 13.4. The molecular weight excluding hydrogens is 460 g/mol. The first-order chi connectivity index (χ1) is 17.6. The van der Waals surface area contributed by atoms with Crippen LogP contribution in [0.3, 0.4) is 0 Å². The molecule has 186 valence electrons. The van der Waals surface area contributed by atoms with Crippen LogP contribution in [0.15, 0.2) is 36.7 Å². The lowest BCUT2D eigenvalue weighted by atomic mass is 10.0. The predicted octanol–water partition coefficient (Wildman–Crippen LogP) is 1.62. The van der Waals surface area contributed by atoms with Gasteiger partial charge in [0, 0.05) is 68.9 Å². The van der Waals surface area contributed by atoms with E-state index in [4.69, 9.17) is 14.7 Å². The second-order valence-corrected chi connectivity index (χ2v) is 9.19. The summed E-state index contributed by atoms with van der Waals surface area (Å²) in [7, 11) is 0. The molecule has 0 unspecified atom stereocenters. The summed E-state index contributed by atoms with van der Waals surface area (Å²) in [5.41, 5.74) is 3.23. The van der Waals surface area contributed by atoms with Gasteiger partial charge < -0.3 is 19.5 Å². The number of ether oxygens (including phenoxy) is 1. The fourth-order valence-corrected chi connectivity index (χ4v) is 4.96. The van der Waals surface area contributed by atoms with E-state index in [9.17, 15) is 9.59 Å². The first-order valence-corrected chi connectivity index (χ1v) is 12.2. The quantitative estimate of drug-likeness (QED) is 0.461. The van der Waals surface area contributed by atoms with E-state index in [1.807, 2.05) is 30.5 Å². The van der Waals surface area contributed by atoms with Gasteiger partial charge >= 0.3 is 0 Å². The Balaban J connectivity index is 1.39. The number of morpholine rings is 1. The maximum Gasteiger partial charge on any atom is 0.263 e. The van der Waals surface area contributed by atoms with Crippen molar-refractivity contribution in [2.45, 2.75) is 6.92 Å². The van der Waals surface area contributed by atoms with Gasteiger partial charge in [-0.2, -0.15) is 14.8 Å². The van der Waals surface area contributed by atoms with Gasteiger partial charge in [-0.1, -0.05) is 12.1 Å². The molecule has 2 aliphatic heterocycles. The second kappa shape index (κ2) is 9.32. The summed E-state index contributed by atoms with van der Waals surface area (Å²) in [6.07, 6.45) is 3.60. The van der Waals surface area contributed by atoms with Gasteiger partial charge in [-0.25, -0.2) is 4.98 Å². The Morgan fingerprint density at radius 3 is 2.58 bits per heavy atom. The highest BCUT2D eigenvalue weighted by Crippen LogP contribution is 2.33. The minimum absolute atomic E-state index is 0.0661. The maximum atomic E-state index is 13.4. The van der Waals surface area contributed by atoms with Gasteiger partial charge in [0.25, 0.3) is 5.91 Å². The van der Waals surface area contributed by atoms with Crippen LogP contribution >= 0.6 is 0 Å². The highest BCUT2D eigenvalue weighted by Gasteiger charge is 2.25. The minimum Gasteiger partial charge on any atom is -0.378 e. The van der Waals surface area contributed by atoms with Crippen molar-refractivity contribution in [3.63, 3.8) is 0 Å². The van der Waals surface area contributed by atoms with Crippen LogP contribution in [0.2, 0.25) is 0 Å². The summed E-state index contributed by atoms with van der Waals surface area (Å²) >= 11 is 0. The van der Waals surface area contributed by atoms with Crippen molar-refractivity contribution in [1.82, 2.24) is 34.5 Å². The van der Waals surface area contributed by atoms with Crippen LogP contribution < -0.4 is 4.90 Å². The average molecular weight is 489 g/mol. The van der Waals surface area contributed by atoms with Crippen LogP contribution in [0.1, 0.15) is 11.7 Å². The van der Waals surface area contributed by atoms with Crippen LogP contribution in [0.4, 0.5) is 5.95 Å². The number of nitrogens with one attached hydrogen (secondary N) is 1. The van der Waals surface area contributed by atoms with Crippen molar-refractivity contribution in [3.8, 4) is 11.3 Å². The van der Waals surface area contributed by atoms with Crippen LogP contribution in [0.25, 0.3) is 33.2 Å². The smallest absolute Gasteiger partial charge is 0.263 e. The molecular formula is C25H28N8O3. The number of H-pyrrole nitrogens is 1. The van der Waals surface area contributed by atoms with Crippen LogP contribution in [0, 0.1) is 0 Å². The van der Waals surface area contributed by atoms with Gasteiger partial charge in [0.15, 0.2) is 5.65 Å². The third-order valence-corrected chi connectivity index (χ3v) is 6.97. The van der Waals surface area contributed by atoms with Gasteiger partial charge in [0.1, 0.15) is 0 Å². The summed E-state index contributed by atoms with van der Waals surface area (Å²) < 4.78 is 6.92. The normalized spacial score (nSPS) is 17.2. The number of carbonyl (C=O) groups is 2. The van der Waals surface area contributed by atoms with Crippen molar-refractivity contribution in [3.05, 3.63) is 36.7 Å². The summed E-state index contributed by atoms with van der Waals surface area (Å²) in [6, 6.07) is 8.09. The molecule has 11 nitrogen and oxygen atoms in total. The number of rotatable bonds is 4. The minimum atomic E-state index is -0.154. The van der Waals surface area contributed by atoms with Crippen LogP contribution in [-0.2, 0) is 9.53 Å². The highest BCUT2D eigenvalue weighted by atomic mass is 16.5. The number of amides is 1. The van der Waals surface area contributed by atoms with Crippen molar-refractivity contribution >= 4 is 39.7 Å². The summed E-state index contributed by atoms with van der Waals surface area (Å²) in [4.78, 5) is 44.0. The largest absolute Gasteiger partial charge is 0.378 e. The van der Waals surface area contributed by atoms with E-state index in [2.05, 4.69) is 19.9 Å². The molecule has 3 aromatic heterocycles. The van der Waals surface area contributed by atoms with Crippen LogP contribution in [-0.4, -0.2) is 105 Å². The number of fused-ring (bicyclic) bond motifs is 2. The molecule has 36 heavy (non-hydrogen) atoms. The van der Waals surface area contributed by atoms with E-state index >= 15 is 0 Å². The number of nitrogens with zero attached hydrogens (tertiary/aromatic N) is 7. The zero-order valence-electron chi connectivity index (χ0n) is 20.2. The molecule has 2 aliphatic rings. The standard InChI is InChI=1S/C25H28N8O3/c1-17(34)31-9-7-30(8-10-31)16-22(35)33-24-20(15-27-33)23(19-3-2-4-21-18(19)5-6-26-21)28-25(29-24)32-11-13-36-14-12-32/h2-6,15,26H,7-14,16H2,1H3. The monoisotopic (exact) mass is 488 g/mol. The SMILES string of the molecule is CC(=O)N1CCN(CC(=O)n2ncc3c(-c4cccc5[nH]ccc45)nc(N4CCOCC4)nc32)CC1. The Morgan fingerprint density at radius 2 is 1.81 bits per heavy atom. The number of anilines is 1. The zero-order valence-corrected chi connectivity index (χ0v) is 20.2. The predicted molar refractivity (Wildman–Crippen MR) is 135 cm³/mol. The molecule has 1 aromatic carbocycles. The molecule has 0 saturated carbocycles. The first kappa shape index (κ1) is 22.6. The van der Waals surface area contributed by atoms with Gasteiger partial charge in [0.05, 0.1) is 37.0 Å². The molecule has 0 spiro atoms. The molecule has 1 N–H and O–H groups in total. The molecule has 4 aromatic rings. The third kappa shape index (κ3) is 4.10. The van der Waals surface area contributed by atoms with Crippen molar-refractivity contribution in [2.24, 2.45) is 0 Å². The highest BCUT2D eigenvalue weighted by molar-refractivity contribution is 6.03. The topological polar surface area (TPSA) is 112 Å². The van der Waals surface area contributed by atoms with E-state index in [-0.39, 0.29) is 18.4 Å². The molecule has 11 heteroatoms. The fourth-order valence-electron chi connectivity index (χ4n) is 4.96. The lowest BCUT2D eigenvalue weighted by Crippen LogP contribution is -2.49. The molecule has 0 bridgehead atoms. The van der Waals surface area contributed by atoms with E-state index < -0.39 is 0 Å². The molecule has 6 rings (SSSR count). The zero-order chi connectivity index (χ0) is 24.6. The molecule has 0 radical (unpaired) electrons. The number of hydrogen-bond donors (Lipinski definition) is 1. The van der Waals surface area contributed by atoms with Gasteiger partial charge in [0.2, 0.25) is 11.9 Å². The molecule has 1 amide bonds. The van der Waals surface area contributed by atoms with Gasteiger partial charge in [-0.05, 0) is 12.1 Å². The van der Waals surface area contributed by atoms with Crippen molar-refractivity contribution in [2.75, 3.05) is 63.9 Å². The number of benzene rings is 1. The average Bonchev–Trinajstić information content (AvgIpc) is 3.56. The third-order valence-electron chi connectivity index (χ3n) is 6.97. The summed E-state index contributed by atoms with van der Waals surface area (Å²) in [6.45, 7) is 6.91. The number of aromatic nitrogens is 5. The Morgan fingerprint density at radius 1 is 1.00 bits per heavy atom.